The molecule has 17 heavy (non-hydrogen) atoms. The van der Waals surface area contributed by atoms with Gasteiger partial charge in [-0.2, -0.15) is 0 Å². The van der Waals surface area contributed by atoms with Gasteiger partial charge in [0.15, 0.2) is 4.77 Å². The van der Waals surface area contributed by atoms with E-state index in [1.54, 1.807) is 0 Å². The van der Waals surface area contributed by atoms with Gasteiger partial charge in [-0.3, -0.25) is 0 Å². The molecule has 2 rings (SSSR count). The molecule has 0 spiro atoms. The number of H-pyrrole nitrogens is 1. The van der Waals surface area contributed by atoms with E-state index in [0.29, 0.717) is 0 Å². The highest BCUT2D eigenvalue weighted by molar-refractivity contribution is 7.71. The predicted molar refractivity (Wildman–Crippen MR) is 68.8 cm³/mol. The summed E-state index contributed by atoms with van der Waals surface area (Å²) in [4.78, 5) is 3.10. The fourth-order valence-corrected chi connectivity index (χ4v) is 2.66. The molecule has 0 saturated heterocycles. The Morgan fingerprint density at radius 2 is 2.24 bits per heavy atom. The molecule has 2 aromatic heterocycles. The van der Waals surface area contributed by atoms with Gasteiger partial charge in [-0.15, -0.1) is 0 Å². The fraction of sp³-hybridized carbons (Fsp3) is 0.500. The summed E-state index contributed by atoms with van der Waals surface area (Å²) in [7, 11) is 0. The van der Waals surface area contributed by atoms with Crippen LogP contribution in [0.4, 0.5) is 0 Å². The fourth-order valence-electron chi connectivity index (χ4n) is 2.33. The van der Waals surface area contributed by atoms with E-state index in [-0.39, 0.29) is 6.04 Å². The van der Waals surface area contributed by atoms with Crippen molar-refractivity contribution in [3.63, 3.8) is 0 Å². The number of rotatable bonds is 3. The minimum atomic E-state index is 0.148. The molecule has 0 saturated carbocycles. The maximum absolute atomic E-state index is 5.33. The zero-order chi connectivity index (χ0) is 12.6. The van der Waals surface area contributed by atoms with Crippen LogP contribution in [-0.2, 0) is 6.42 Å². The molecule has 2 aromatic rings. The Balaban J connectivity index is 2.54. The van der Waals surface area contributed by atoms with Crippen LogP contribution in [-0.4, -0.2) is 14.7 Å². The van der Waals surface area contributed by atoms with Gasteiger partial charge in [0.2, 0.25) is 0 Å². The number of nitrogens with zero attached hydrogens (tertiary/aromatic N) is 2. The second-order valence-corrected chi connectivity index (χ2v) is 4.61. The first kappa shape index (κ1) is 12.1. The van der Waals surface area contributed by atoms with Gasteiger partial charge in [0.25, 0.3) is 0 Å². The largest absolute Gasteiger partial charge is 0.361 e. The highest BCUT2D eigenvalue weighted by Crippen LogP contribution is 2.26. The molecule has 0 radical (unpaired) electrons. The van der Waals surface area contributed by atoms with Crippen molar-refractivity contribution in [1.29, 1.82) is 0 Å². The molecule has 4 nitrogen and oxygen atoms in total. The van der Waals surface area contributed by atoms with Gasteiger partial charge in [-0.25, -0.2) is 0 Å². The van der Waals surface area contributed by atoms with Crippen LogP contribution in [0.5, 0.6) is 0 Å². The maximum Gasteiger partial charge on any atom is 0.177 e. The van der Waals surface area contributed by atoms with Gasteiger partial charge >= 0.3 is 0 Å². The third-order valence-electron chi connectivity index (χ3n) is 3.15. The molecule has 2 heterocycles. The van der Waals surface area contributed by atoms with Crippen LogP contribution in [0.1, 0.15) is 42.6 Å². The number of aromatic amines is 1. The van der Waals surface area contributed by atoms with Crippen LogP contribution in [0.15, 0.2) is 10.7 Å². The molecule has 5 heteroatoms. The van der Waals surface area contributed by atoms with Gasteiger partial charge < -0.3 is 14.1 Å². The molecule has 92 valence electrons. The first-order valence-electron chi connectivity index (χ1n) is 5.77. The second-order valence-electron chi connectivity index (χ2n) is 4.22. The zero-order valence-electron chi connectivity index (χ0n) is 10.6. The van der Waals surface area contributed by atoms with Crippen molar-refractivity contribution in [2.45, 2.75) is 40.2 Å². The molecule has 0 amide bonds. The van der Waals surface area contributed by atoms with E-state index < -0.39 is 0 Å². The number of imidazole rings is 1. The lowest BCUT2D eigenvalue weighted by Crippen LogP contribution is -2.11. The summed E-state index contributed by atoms with van der Waals surface area (Å²) in [5.41, 5.74) is 3.25. The van der Waals surface area contributed by atoms with Gasteiger partial charge in [-0.05, 0) is 39.4 Å². The lowest BCUT2D eigenvalue weighted by atomic mass is 10.1. The van der Waals surface area contributed by atoms with Crippen molar-refractivity contribution >= 4 is 12.2 Å². The third kappa shape index (κ3) is 1.95. The summed E-state index contributed by atoms with van der Waals surface area (Å²) in [6, 6.07) is 0.148. The Labute approximate surface area is 106 Å². The van der Waals surface area contributed by atoms with Crippen molar-refractivity contribution in [2.75, 3.05) is 0 Å². The third-order valence-corrected chi connectivity index (χ3v) is 3.46. The van der Waals surface area contributed by atoms with E-state index in [4.69, 9.17) is 16.7 Å². The summed E-state index contributed by atoms with van der Waals surface area (Å²) in [5, 5.41) is 4.00. The van der Waals surface area contributed by atoms with Gasteiger partial charge in [0, 0.05) is 17.5 Å². The van der Waals surface area contributed by atoms with Crippen LogP contribution in [0, 0.1) is 18.6 Å². The Morgan fingerprint density at radius 3 is 2.76 bits per heavy atom. The van der Waals surface area contributed by atoms with Gasteiger partial charge in [0.05, 0.1) is 11.7 Å². The van der Waals surface area contributed by atoms with Crippen molar-refractivity contribution < 1.29 is 4.52 Å². The van der Waals surface area contributed by atoms with Gasteiger partial charge in [-0.1, -0.05) is 12.1 Å². The molecular weight excluding hydrogens is 234 g/mol. The lowest BCUT2D eigenvalue weighted by Gasteiger charge is -2.16. The molecule has 0 aliphatic carbocycles. The molecule has 0 aliphatic heterocycles. The van der Waals surface area contributed by atoms with Crippen molar-refractivity contribution in [3.8, 4) is 0 Å². The SMILES string of the molecule is CCc1c[nH]c(=S)n1C(C)c1c(C)noc1C. The molecule has 1 unspecified atom stereocenters. The summed E-state index contributed by atoms with van der Waals surface area (Å²) in [6.45, 7) is 8.14. The predicted octanol–water partition coefficient (Wildman–Crippen LogP) is 3.32. The number of hydrogen-bond donors (Lipinski definition) is 1. The molecule has 0 fully saturated rings. The first-order chi connectivity index (χ1) is 8.06. The number of aromatic nitrogens is 3. The Bertz CT molecular complexity index is 559. The van der Waals surface area contributed by atoms with E-state index in [1.165, 1.54) is 5.69 Å². The average molecular weight is 251 g/mol. The van der Waals surface area contributed by atoms with E-state index in [1.807, 2.05) is 20.0 Å². The van der Waals surface area contributed by atoms with E-state index in [2.05, 4.69) is 28.6 Å². The summed E-state index contributed by atoms with van der Waals surface area (Å²) < 4.78 is 8.09. The normalized spacial score (nSPS) is 12.9. The van der Waals surface area contributed by atoms with Crippen molar-refractivity contribution in [3.05, 3.63) is 33.7 Å². The van der Waals surface area contributed by atoms with Crippen LogP contribution in [0.3, 0.4) is 0 Å². The summed E-state index contributed by atoms with van der Waals surface area (Å²) in [5.74, 6) is 0.861. The second kappa shape index (κ2) is 4.49. The topological polar surface area (TPSA) is 46.8 Å². The zero-order valence-corrected chi connectivity index (χ0v) is 11.4. The number of aryl methyl sites for hydroxylation is 3. The Hall–Kier alpha value is -1.36. The lowest BCUT2D eigenvalue weighted by molar-refractivity contribution is 0.390. The number of nitrogens with one attached hydrogen (secondary N) is 1. The molecule has 1 atom stereocenters. The molecular formula is C12H17N3OS. The standard InChI is InChI=1S/C12H17N3OS/c1-5-10-6-13-12(17)15(10)8(3)11-7(2)14-16-9(11)4/h6,8H,5H2,1-4H3,(H,13,17). The number of hydrogen-bond acceptors (Lipinski definition) is 3. The monoisotopic (exact) mass is 251 g/mol. The smallest absolute Gasteiger partial charge is 0.177 e. The Kier molecular flexibility index (Phi) is 3.19. The van der Waals surface area contributed by atoms with Gasteiger partial charge in [0.1, 0.15) is 5.76 Å². The van der Waals surface area contributed by atoms with Crippen LogP contribution in [0.2, 0.25) is 0 Å². The quantitative estimate of drug-likeness (QED) is 0.851. The molecule has 0 bridgehead atoms. The molecule has 1 N–H and O–H groups in total. The maximum atomic E-state index is 5.33. The van der Waals surface area contributed by atoms with Crippen molar-refractivity contribution in [2.24, 2.45) is 0 Å². The van der Waals surface area contributed by atoms with E-state index >= 15 is 0 Å². The summed E-state index contributed by atoms with van der Waals surface area (Å²) >= 11 is 5.33. The van der Waals surface area contributed by atoms with Crippen LogP contribution >= 0.6 is 12.2 Å². The van der Waals surface area contributed by atoms with Crippen molar-refractivity contribution in [1.82, 2.24) is 14.7 Å². The molecule has 0 aromatic carbocycles. The highest BCUT2D eigenvalue weighted by Gasteiger charge is 2.20. The van der Waals surface area contributed by atoms with E-state index in [9.17, 15) is 0 Å². The first-order valence-corrected chi connectivity index (χ1v) is 6.18. The molecule has 0 aliphatic rings. The Morgan fingerprint density at radius 1 is 1.53 bits per heavy atom. The van der Waals surface area contributed by atoms with E-state index in [0.717, 1.165) is 28.2 Å². The summed E-state index contributed by atoms with van der Waals surface area (Å²) in [6.07, 6.45) is 2.91. The van der Waals surface area contributed by atoms with Crippen LogP contribution in [0.25, 0.3) is 0 Å². The highest BCUT2D eigenvalue weighted by atomic mass is 32.1. The average Bonchev–Trinajstić information content (AvgIpc) is 2.82. The minimum Gasteiger partial charge on any atom is -0.361 e. The van der Waals surface area contributed by atoms with Crippen LogP contribution < -0.4 is 0 Å². The minimum absolute atomic E-state index is 0.148.